The van der Waals surface area contributed by atoms with Crippen LogP contribution in [0.2, 0.25) is 0 Å². The van der Waals surface area contributed by atoms with Crippen LogP contribution in [0.1, 0.15) is 38.3 Å². The summed E-state index contributed by atoms with van der Waals surface area (Å²) in [5.41, 5.74) is 5.62. The van der Waals surface area contributed by atoms with E-state index in [4.69, 9.17) is 10.3 Å². The molecule has 0 spiro atoms. The van der Waals surface area contributed by atoms with E-state index in [1.165, 1.54) is 11.8 Å². The quantitative estimate of drug-likeness (QED) is 0.776. The zero-order valence-electron chi connectivity index (χ0n) is 12.0. The van der Waals surface area contributed by atoms with Gasteiger partial charge in [0.1, 0.15) is 5.82 Å². The number of rotatable bonds is 7. The summed E-state index contributed by atoms with van der Waals surface area (Å²) in [6, 6.07) is 0. The summed E-state index contributed by atoms with van der Waals surface area (Å²) in [6.07, 6.45) is 0.830. The predicted octanol–water partition coefficient (Wildman–Crippen LogP) is 1.63. The van der Waals surface area contributed by atoms with Crippen molar-refractivity contribution in [2.75, 3.05) is 0 Å². The van der Waals surface area contributed by atoms with Gasteiger partial charge < -0.3 is 14.8 Å². The molecule has 0 atom stereocenters. The molecule has 0 aliphatic rings. The first-order valence-corrected chi connectivity index (χ1v) is 7.69. The Kier molecular flexibility index (Phi) is 5.13. The van der Waals surface area contributed by atoms with Gasteiger partial charge in [0, 0.05) is 13.0 Å². The van der Waals surface area contributed by atoms with Crippen molar-refractivity contribution in [1.29, 1.82) is 0 Å². The van der Waals surface area contributed by atoms with Crippen molar-refractivity contribution in [1.82, 2.24) is 24.9 Å². The van der Waals surface area contributed by atoms with Crippen molar-refractivity contribution in [3.63, 3.8) is 0 Å². The third-order valence-electron chi connectivity index (χ3n) is 2.72. The van der Waals surface area contributed by atoms with E-state index in [1.807, 2.05) is 11.5 Å². The molecule has 8 heteroatoms. The van der Waals surface area contributed by atoms with E-state index in [0.717, 1.165) is 29.8 Å². The van der Waals surface area contributed by atoms with E-state index in [1.54, 1.807) is 0 Å². The summed E-state index contributed by atoms with van der Waals surface area (Å²) in [5, 5.41) is 13.0. The molecular formula is C12H20N6OS. The lowest BCUT2D eigenvalue weighted by atomic mass is 10.1. The molecule has 0 bridgehead atoms. The molecule has 2 rings (SSSR count). The van der Waals surface area contributed by atoms with Gasteiger partial charge in [-0.05, 0) is 12.8 Å². The Labute approximate surface area is 122 Å². The normalized spacial score (nSPS) is 11.4. The summed E-state index contributed by atoms with van der Waals surface area (Å²) in [5.74, 6) is 3.28. The van der Waals surface area contributed by atoms with E-state index in [-0.39, 0.29) is 0 Å². The smallest absolute Gasteiger partial charge is 0.237 e. The third kappa shape index (κ3) is 3.57. The number of hydrogen-bond donors (Lipinski definition) is 1. The molecule has 0 aromatic carbocycles. The van der Waals surface area contributed by atoms with Gasteiger partial charge in [0.25, 0.3) is 0 Å². The van der Waals surface area contributed by atoms with E-state index in [0.29, 0.717) is 24.1 Å². The zero-order valence-corrected chi connectivity index (χ0v) is 12.9. The molecule has 110 valence electrons. The van der Waals surface area contributed by atoms with Gasteiger partial charge in [0.2, 0.25) is 5.89 Å². The zero-order chi connectivity index (χ0) is 14.5. The molecule has 2 N–H and O–H groups in total. The fourth-order valence-corrected chi connectivity index (χ4v) is 2.68. The van der Waals surface area contributed by atoms with Crippen LogP contribution in [-0.4, -0.2) is 24.9 Å². The topological polar surface area (TPSA) is 95.7 Å². The van der Waals surface area contributed by atoms with E-state index >= 15 is 0 Å². The molecule has 20 heavy (non-hydrogen) atoms. The highest BCUT2D eigenvalue weighted by molar-refractivity contribution is 7.98. The molecule has 0 aliphatic carbocycles. The second-order valence-electron chi connectivity index (χ2n) is 4.84. The van der Waals surface area contributed by atoms with Crippen LogP contribution < -0.4 is 5.73 Å². The largest absolute Gasteiger partial charge is 0.338 e. The second kappa shape index (κ2) is 6.85. The molecule has 2 aromatic heterocycles. The molecule has 0 amide bonds. The maximum Gasteiger partial charge on any atom is 0.237 e. The Morgan fingerprint density at radius 1 is 1.35 bits per heavy atom. The summed E-state index contributed by atoms with van der Waals surface area (Å²) < 4.78 is 7.23. The third-order valence-corrected chi connectivity index (χ3v) is 3.67. The highest BCUT2D eigenvalue weighted by atomic mass is 32.2. The maximum atomic E-state index is 5.62. The molecule has 0 fully saturated rings. The number of thioether (sulfide) groups is 1. The number of hydrogen-bond acceptors (Lipinski definition) is 7. The highest BCUT2D eigenvalue weighted by Gasteiger charge is 2.13. The molecule has 2 aromatic rings. The van der Waals surface area contributed by atoms with Crippen LogP contribution in [0.5, 0.6) is 0 Å². The summed E-state index contributed by atoms with van der Waals surface area (Å²) in [4.78, 5) is 4.37. The van der Waals surface area contributed by atoms with Crippen LogP contribution in [0.4, 0.5) is 0 Å². The minimum atomic E-state index is 0.389. The minimum Gasteiger partial charge on any atom is -0.338 e. The van der Waals surface area contributed by atoms with Gasteiger partial charge in [-0.15, -0.1) is 10.2 Å². The van der Waals surface area contributed by atoms with Crippen molar-refractivity contribution >= 4 is 11.8 Å². The van der Waals surface area contributed by atoms with Crippen LogP contribution in [0.25, 0.3) is 0 Å². The summed E-state index contributed by atoms with van der Waals surface area (Å²) in [6.45, 7) is 7.48. The van der Waals surface area contributed by atoms with Crippen LogP contribution in [0, 0.1) is 5.92 Å². The van der Waals surface area contributed by atoms with Crippen molar-refractivity contribution in [3.8, 4) is 0 Å². The first kappa shape index (κ1) is 15.0. The highest BCUT2D eigenvalue weighted by Crippen LogP contribution is 2.21. The van der Waals surface area contributed by atoms with E-state index in [9.17, 15) is 0 Å². The molecule has 2 heterocycles. The van der Waals surface area contributed by atoms with Crippen LogP contribution in [0.3, 0.4) is 0 Å². The predicted molar refractivity (Wildman–Crippen MR) is 76.0 cm³/mol. The molecule has 0 unspecified atom stereocenters. The average Bonchev–Trinajstić information content (AvgIpc) is 3.01. The Morgan fingerprint density at radius 3 is 2.80 bits per heavy atom. The van der Waals surface area contributed by atoms with Crippen molar-refractivity contribution in [3.05, 3.63) is 17.5 Å². The first-order chi connectivity index (χ1) is 9.63. The van der Waals surface area contributed by atoms with Crippen molar-refractivity contribution < 1.29 is 4.52 Å². The lowest BCUT2D eigenvalue weighted by molar-refractivity contribution is 0.382. The van der Waals surface area contributed by atoms with Gasteiger partial charge in [-0.25, -0.2) is 0 Å². The standard InChI is InChI=1S/C12H20N6OS/c1-4-18-10(6-13)15-16-12(18)20-7-11-14-9(17-19-11)5-8(2)3/h8H,4-7,13H2,1-3H3. The van der Waals surface area contributed by atoms with Crippen molar-refractivity contribution in [2.24, 2.45) is 11.7 Å². The summed E-state index contributed by atoms with van der Waals surface area (Å²) >= 11 is 1.53. The van der Waals surface area contributed by atoms with Gasteiger partial charge >= 0.3 is 0 Å². The SMILES string of the molecule is CCn1c(CN)nnc1SCc1nc(CC(C)C)no1. The fourth-order valence-electron chi connectivity index (χ4n) is 1.82. The lowest BCUT2D eigenvalue weighted by Crippen LogP contribution is -2.08. The molecular weight excluding hydrogens is 276 g/mol. The summed E-state index contributed by atoms with van der Waals surface area (Å²) in [7, 11) is 0. The molecule has 0 saturated carbocycles. The molecule has 0 aliphatic heterocycles. The van der Waals surface area contributed by atoms with Gasteiger partial charge in [-0.3, -0.25) is 0 Å². The number of nitrogens with two attached hydrogens (primary N) is 1. The van der Waals surface area contributed by atoms with Crippen LogP contribution in [-0.2, 0) is 25.3 Å². The maximum absolute atomic E-state index is 5.62. The first-order valence-electron chi connectivity index (χ1n) is 6.70. The van der Waals surface area contributed by atoms with E-state index < -0.39 is 0 Å². The van der Waals surface area contributed by atoms with Crippen LogP contribution >= 0.6 is 11.8 Å². The Bertz CT molecular complexity index is 550. The van der Waals surface area contributed by atoms with Crippen molar-refractivity contribution in [2.45, 2.75) is 51.2 Å². The monoisotopic (exact) mass is 296 g/mol. The second-order valence-corrected chi connectivity index (χ2v) is 5.78. The Balaban J connectivity index is 1.98. The van der Waals surface area contributed by atoms with Gasteiger partial charge in [-0.2, -0.15) is 4.98 Å². The van der Waals surface area contributed by atoms with Crippen LogP contribution in [0.15, 0.2) is 9.68 Å². The molecule has 0 saturated heterocycles. The van der Waals surface area contributed by atoms with Gasteiger partial charge in [-0.1, -0.05) is 30.8 Å². The van der Waals surface area contributed by atoms with Gasteiger partial charge in [0.15, 0.2) is 11.0 Å². The Morgan fingerprint density at radius 2 is 2.15 bits per heavy atom. The average molecular weight is 296 g/mol. The lowest BCUT2D eigenvalue weighted by Gasteiger charge is -2.04. The molecule has 0 radical (unpaired) electrons. The molecule has 7 nitrogen and oxygen atoms in total. The van der Waals surface area contributed by atoms with Gasteiger partial charge in [0.05, 0.1) is 12.3 Å². The van der Waals surface area contributed by atoms with E-state index in [2.05, 4.69) is 34.2 Å². The minimum absolute atomic E-state index is 0.389. The number of nitrogens with zero attached hydrogens (tertiary/aromatic N) is 5. The fraction of sp³-hybridized carbons (Fsp3) is 0.667. The Hall–Kier alpha value is -1.41. The number of aromatic nitrogens is 5.